The van der Waals surface area contributed by atoms with Gasteiger partial charge in [0.15, 0.2) is 0 Å². The largest absolute Gasteiger partial charge is 0.375 e. The van der Waals surface area contributed by atoms with Gasteiger partial charge in [0.2, 0.25) is 0 Å². The summed E-state index contributed by atoms with van der Waals surface area (Å²) in [6, 6.07) is 5.89. The number of hydrogen-bond donors (Lipinski definition) is 1. The third-order valence-corrected chi connectivity index (χ3v) is 3.02. The van der Waals surface area contributed by atoms with Crippen LogP contribution in [0.2, 0.25) is 0 Å². The molecule has 6 heteroatoms. The van der Waals surface area contributed by atoms with Crippen LogP contribution in [0.1, 0.15) is 18.5 Å². The Bertz CT molecular complexity index is 396. The number of unbranched alkanes of at least 4 members (excludes halogenated alkanes) is 1. The lowest BCUT2D eigenvalue weighted by Crippen LogP contribution is -2.14. The lowest BCUT2D eigenvalue weighted by atomic mass is 10.2. The van der Waals surface area contributed by atoms with Crippen LogP contribution in [0.5, 0.6) is 0 Å². The number of rotatable bonds is 8. The molecule has 0 fully saturated rings. The van der Waals surface area contributed by atoms with Gasteiger partial charge in [-0.15, -0.1) is 11.8 Å². The van der Waals surface area contributed by atoms with Crippen molar-refractivity contribution in [3.05, 3.63) is 51.4 Å². The van der Waals surface area contributed by atoms with Crippen molar-refractivity contribution in [2.45, 2.75) is 19.3 Å². The van der Waals surface area contributed by atoms with Crippen LogP contribution in [0.25, 0.3) is 0 Å². The predicted molar refractivity (Wildman–Crippen MR) is 73.8 cm³/mol. The van der Waals surface area contributed by atoms with Gasteiger partial charge < -0.3 is 5.32 Å². The molecule has 0 bridgehead atoms. The molecular formula is C12H17N3O2S. The first-order valence-electron chi connectivity index (χ1n) is 5.75. The van der Waals surface area contributed by atoms with Gasteiger partial charge in [-0.25, -0.2) is 0 Å². The molecule has 1 aromatic rings. The second kappa shape index (κ2) is 8.52. The van der Waals surface area contributed by atoms with E-state index >= 15 is 0 Å². The molecule has 0 unspecified atom stereocenters. The van der Waals surface area contributed by atoms with Crippen molar-refractivity contribution in [3.8, 4) is 0 Å². The second-order valence-corrected chi connectivity index (χ2v) is 4.54. The molecule has 0 amide bonds. The Hall–Kier alpha value is -1.56. The molecule has 1 heterocycles. The van der Waals surface area contributed by atoms with E-state index in [2.05, 4.69) is 10.3 Å². The molecule has 0 saturated carbocycles. The summed E-state index contributed by atoms with van der Waals surface area (Å²) in [6.45, 7) is 0.743. The summed E-state index contributed by atoms with van der Waals surface area (Å²) >= 11 is 1.35. The van der Waals surface area contributed by atoms with E-state index in [9.17, 15) is 10.1 Å². The van der Waals surface area contributed by atoms with Gasteiger partial charge in [-0.3, -0.25) is 15.1 Å². The van der Waals surface area contributed by atoms with E-state index in [1.54, 1.807) is 6.20 Å². The molecule has 0 atom stereocenters. The molecule has 0 aliphatic rings. The van der Waals surface area contributed by atoms with Crippen LogP contribution in [-0.4, -0.2) is 22.7 Å². The number of hydrogen-bond acceptors (Lipinski definition) is 5. The van der Waals surface area contributed by atoms with Crippen molar-refractivity contribution in [2.75, 3.05) is 12.8 Å². The highest BCUT2D eigenvalue weighted by Crippen LogP contribution is 2.07. The minimum absolute atomic E-state index is 0.438. The highest BCUT2D eigenvalue weighted by Gasteiger charge is 2.00. The molecule has 1 N–H and O–H groups in total. The predicted octanol–water partition coefficient (Wildman–Crippen LogP) is 2.43. The maximum absolute atomic E-state index is 10.3. The number of thioether (sulfide) groups is 1. The lowest BCUT2D eigenvalue weighted by molar-refractivity contribution is -0.403. The van der Waals surface area contributed by atoms with E-state index in [1.165, 1.54) is 11.8 Å². The third kappa shape index (κ3) is 6.24. The molecule has 18 heavy (non-hydrogen) atoms. The fourth-order valence-electron chi connectivity index (χ4n) is 1.45. The van der Waals surface area contributed by atoms with Crippen LogP contribution in [0.15, 0.2) is 35.6 Å². The SMILES string of the molecule is CSC(=C[N+](=O)[O-])NCCCCc1ccccn1. The van der Waals surface area contributed by atoms with E-state index in [0.717, 1.165) is 37.7 Å². The van der Waals surface area contributed by atoms with Gasteiger partial charge in [-0.2, -0.15) is 0 Å². The minimum Gasteiger partial charge on any atom is -0.375 e. The molecule has 0 spiro atoms. The zero-order chi connectivity index (χ0) is 13.2. The van der Waals surface area contributed by atoms with E-state index in [4.69, 9.17) is 0 Å². The summed E-state index contributed by atoms with van der Waals surface area (Å²) in [4.78, 5) is 14.1. The zero-order valence-electron chi connectivity index (χ0n) is 10.3. The molecule has 0 aromatic carbocycles. The molecule has 98 valence electrons. The Morgan fingerprint density at radius 2 is 2.39 bits per heavy atom. The van der Waals surface area contributed by atoms with E-state index in [-0.39, 0.29) is 0 Å². The van der Waals surface area contributed by atoms with Crippen LogP contribution in [0, 0.1) is 10.1 Å². The molecule has 5 nitrogen and oxygen atoms in total. The van der Waals surface area contributed by atoms with Crippen molar-refractivity contribution in [1.82, 2.24) is 10.3 Å². The summed E-state index contributed by atoms with van der Waals surface area (Å²) in [5, 5.41) is 14.0. The Labute approximate surface area is 111 Å². The summed E-state index contributed by atoms with van der Waals surface area (Å²) in [5.41, 5.74) is 1.09. The van der Waals surface area contributed by atoms with E-state index < -0.39 is 4.92 Å². The molecule has 0 radical (unpaired) electrons. The molecule has 1 aromatic heterocycles. The Morgan fingerprint density at radius 3 is 3.00 bits per heavy atom. The van der Waals surface area contributed by atoms with Gasteiger partial charge in [0, 0.05) is 18.4 Å². The Kier molecular flexibility index (Phi) is 6.86. The lowest BCUT2D eigenvalue weighted by Gasteiger charge is -2.05. The quantitative estimate of drug-likeness (QED) is 0.445. The number of pyridine rings is 1. The highest BCUT2D eigenvalue weighted by atomic mass is 32.2. The van der Waals surface area contributed by atoms with Gasteiger partial charge in [0.1, 0.15) is 5.03 Å². The van der Waals surface area contributed by atoms with E-state index in [0.29, 0.717) is 5.03 Å². The fourth-order valence-corrected chi connectivity index (χ4v) is 1.89. The molecule has 0 aliphatic heterocycles. The third-order valence-electron chi connectivity index (χ3n) is 2.33. The maximum atomic E-state index is 10.3. The summed E-state index contributed by atoms with van der Waals surface area (Å²) in [6.07, 6.45) is 7.53. The van der Waals surface area contributed by atoms with Gasteiger partial charge in [-0.1, -0.05) is 6.07 Å². The average molecular weight is 267 g/mol. The summed E-state index contributed by atoms with van der Waals surface area (Å²) in [7, 11) is 0. The van der Waals surface area contributed by atoms with Crippen molar-refractivity contribution < 1.29 is 4.92 Å². The zero-order valence-corrected chi connectivity index (χ0v) is 11.2. The molecular weight excluding hydrogens is 250 g/mol. The van der Waals surface area contributed by atoms with Crippen molar-refractivity contribution >= 4 is 11.8 Å². The topological polar surface area (TPSA) is 68.1 Å². The Morgan fingerprint density at radius 1 is 1.56 bits per heavy atom. The van der Waals surface area contributed by atoms with Crippen molar-refractivity contribution in [1.29, 1.82) is 0 Å². The Balaban J connectivity index is 2.17. The van der Waals surface area contributed by atoms with Crippen molar-refractivity contribution in [2.24, 2.45) is 0 Å². The number of nitrogens with one attached hydrogen (secondary N) is 1. The van der Waals surface area contributed by atoms with Crippen LogP contribution in [-0.2, 0) is 6.42 Å². The number of nitro groups is 1. The van der Waals surface area contributed by atoms with Gasteiger partial charge >= 0.3 is 0 Å². The maximum Gasteiger partial charge on any atom is 0.263 e. The standard InChI is InChI=1S/C12H17N3O2S/c1-18-12(10-15(16)17)14-9-5-3-7-11-6-2-4-8-13-11/h2,4,6,8,10,14H,3,5,7,9H2,1H3. The first-order valence-corrected chi connectivity index (χ1v) is 6.98. The van der Waals surface area contributed by atoms with Gasteiger partial charge in [0.05, 0.1) is 4.92 Å². The van der Waals surface area contributed by atoms with Crippen LogP contribution < -0.4 is 5.32 Å². The first-order chi connectivity index (χ1) is 8.72. The van der Waals surface area contributed by atoms with E-state index in [1.807, 2.05) is 24.5 Å². The van der Waals surface area contributed by atoms with Crippen LogP contribution in [0.3, 0.4) is 0 Å². The van der Waals surface area contributed by atoms with Gasteiger partial charge in [-0.05, 0) is 37.7 Å². The van der Waals surface area contributed by atoms with Crippen LogP contribution >= 0.6 is 11.8 Å². The van der Waals surface area contributed by atoms with Crippen molar-refractivity contribution in [3.63, 3.8) is 0 Å². The number of nitrogens with zero attached hydrogens (tertiary/aromatic N) is 2. The minimum atomic E-state index is -0.438. The molecule has 1 rings (SSSR count). The van der Waals surface area contributed by atoms with Crippen LogP contribution in [0.4, 0.5) is 0 Å². The molecule has 0 aliphatic carbocycles. The normalized spacial score (nSPS) is 11.3. The fraction of sp³-hybridized carbons (Fsp3) is 0.417. The second-order valence-electron chi connectivity index (χ2n) is 3.69. The monoisotopic (exact) mass is 267 g/mol. The first kappa shape index (κ1) is 14.5. The number of aromatic nitrogens is 1. The number of aryl methyl sites for hydroxylation is 1. The smallest absolute Gasteiger partial charge is 0.263 e. The molecule has 0 saturated heterocycles. The highest BCUT2D eigenvalue weighted by molar-refractivity contribution is 8.02. The summed E-state index contributed by atoms with van der Waals surface area (Å²) < 4.78 is 0. The summed E-state index contributed by atoms with van der Waals surface area (Å²) in [5.74, 6) is 0. The average Bonchev–Trinajstić information content (AvgIpc) is 2.37. The van der Waals surface area contributed by atoms with Gasteiger partial charge in [0.25, 0.3) is 6.20 Å².